The first-order valence-corrected chi connectivity index (χ1v) is 14.7. The Morgan fingerprint density at radius 1 is 1.00 bits per heavy atom. The number of aryl methyl sites for hydroxylation is 1. The first-order chi connectivity index (χ1) is 19.6. The van der Waals surface area contributed by atoms with Gasteiger partial charge in [0.15, 0.2) is 11.6 Å². The minimum atomic E-state index is -0.564. The average Bonchev–Trinajstić information content (AvgIpc) is 3.34. The van der Waals surface area contributed by atoms with Crippen LogP contribution in [0.5, 0.6) is 11.5 Å². The van der Waals surface area contributed by atoms with Gasteiger partial charge in [-0.05, 0) is 71.6 Å². The number of fused-ring (bicyclic) bond motifs is 1. The number of benzene rings is 3. The zero-order valence-corrected chi connectivity index (χ0v) is 25.5. The Hall–Kier alpha value is -3.30. The normalized spacial score (nSPS) is 15.8. The molecule has 2 heterocycles. The van der Waals surface area contributed by atoms with Crippen LogP contribution in [-0.2, 0) is 4.79 Å². The van der Waals surface area contributed by atoms with Crippen molar-refractivity contribution >= 4 is 74.6 Å². The van der Waals surface area contributed by atoms with E-state index in [1.165, 1.54) is 22.8 Å². The van der Waals surface area contributed by atoms with E-state index in [0.29, 0.717) is 44.6 Å². The van der Waals surface area contributed by atoms with Gasteiger partial charge >= 0.3 is 0 Å². The first-order valence-electron chi connectivity index (χ1n) is 12.7. The number of carbonyl (C=O) groups is 1. The van der Waals surface area contributed by atoms with Crippen LogP contribution in [0.2, 0.25) is 15.1 Å². The second kappa shape index (κ2) is 12.3. The van der Waals surface area contributed by atoms with Gasteiger partial charge in [0.1, 0.15) is 24.0 Å². The van der Waals surface area contributed by atoms with Crippen LogP contribution in [-0.4, -0.2) is 40.2 Å². The molecule has 0 bridgehead atoms. The Kier molecular flexibility index (Phi) is 8.75. The number of amidine groups is 2. The molecule has 210 valence electrons. The van der Waals surface area contributed by atoms with Crippen molar-refractivity contribution in [3.63, 3.8) is 0 Å². The zero-order valence-electron chi connectivity index (χ0n) is 22.4. The molecule has 3 aromatic carbocycles. The van der Waals surface area contributed by atoms with Crippen molar-refractivity contribution in [2.45, 2.75) is 26.7 Å². The summed E-state index contributed by atoms with van der Waals surface area (Å²) < 4.78 is 11.8. The second-order valence-electron chi connectivity index (χ2n) is 9.61. The predicted molar refractivity (Wildman–Crippen MR) is 168 cm³/mol. The van der Waals surface area contributed by atoms with E-state index in [1.54, 1.807) is 18.2 Å². The third-order valence-corrected chi connectivity index (χ3v) is 8.10. The molecule has 1 N–H and O–H groups in total. The van der Waals surface area contributed by atoms with Gasteiger partial charge in [0.05, 0.1) is 20.6 Å². The lowest BCUT2D eigenvalue weighted by Gasteiger charge is -2.20. The van der Waals surface area contributed by atoms with Crippen LogP contribution in [0.25, 0.3) is 6.08 Å². The van der Waals surface area contributed by atoms with Gasteiger partial charge in [-0.1, -0.05) is 79.0 Å². The number of halogens is 3. The number of ether oxygens (including phenoxy) is 2. The monoisotopic (exact) mass is 626 g/mol. The van der Waals surface area contributed by atoms with Crippen LogP contribution in [0.1, 0.15) is 42.0 Å². The van der Waals surface area contributed by atoms with Crippen molar-refractivity contribution in [1.29, 1.82) is 5.41 Å². The minimum absolute atomic E-state index is 0.0480. The third kappa shape index (κ3) is 6.31. The van der Waals surface area contributed by atoms with Crippen molar-refractivity contribution < 1.29 is 14.3 Å². The molecular weight excluding hydrogens is 603 g/mol. The van der Waals surface area contributed by atoms with Crippen molar-refractivity contribution in [3.05, 3.63) is 97.5 Å². The predicted octanol–water partition coefficient (Wildman–Crippen LogP) is 8.20. The molecule has 0 fully saturated rings. The zero-order chi connectivity index (χ0) is 29.3. The first kappa shape index (κ1) is 29.2. The quantitative estimate of drug-likeness (QED) is 0.201. The number of nitrogens with zero attached hydrogens (tertiary/aromatic N) is 3. The standard InChI is InChI=1S/C30H25Cl3N4O3S/c1-16(2)19-9-8-17(3)12-25(19)39-10-11-40-26-23(32)14-18(15-24(26)33)13-21-27(34)37-30(35-28(21)38)41-29(36-37)20-6-4-5-7-22(20)31/h4-9,12-16,34H,10-11H2,1-3H3/b21-13-,34-27?. The molecule has 0 atom stereocenters. The molecule has 0 aliphatic carbocycles. The van der Waals surface area contributed by atoms with E-state index in [0.717, 1.165) is 16.9 Å². The molecule has 5 rings (SSSR count). The Morgan fingerprint density at radius 3 is 2.41 bits per heavy atom. The number of hydrogen-bond donors (Lipinski definition) is 1. The summed E-state index contributed by atoms with van der Waals surface area (Å²) in [6.07, 6.45) is 1.51. The van der Waals surface area contributed by atoms with Gasteiger partial charge in [0.2, 0.25) is 5.17 Å². The number of aliphatic imine (C=N–C) groups is 1. The summed E-state index contributed by atoms with van der Waals surface area (Å²) in [4.78, 5) is 17.0. The number of hydrogen-bond acceptors (Lipinski definition) is 6. The second-order valence-corrected chi connectivity index (χ2v) is 11.8. The van der Waals surface area contributed by atoms with Gasteiger partial charge in [-0.15, -0.1) is 0 Å². The third-order valence-electron chi connectivity index (χ3n) is 6.27. The van der Waals surface area contributed by atoms with Crippen LogP contribution in [0, 0.1) is 12.3 Å². The Morgan fingerprint density at radius 2 is 1.71 bits per heavy atom. The van der Waals surface area contributed by atoms with Gasteiger partial charge in [-0.25, -0.2) is 0 Å². The molecule has 0 aromatic heterocycles. The fourth-order valence-corrected chi connectivity index (χ4v) is 6.07. The Labute approximate surface area is 257 Å². The highest BCUT2D eigenvalue weighted by Gasteiger charge is 2.36. The maximum Gasteiger partial charge on any atom is 0.283 e. The molecule has 3 aromatic rings. The van der Waals surface area contributed by atoms with Gasteiger partial charge in [-0.3, -0.25) is 10.2 Å². The number of rotatable bonds is 8. The van der Waals surface area contributed by atoms with E-state index in [1.807, 2.05) is 31.2 Å². The summed E-state index contributed by atoms with van der Waals surface area (Å²) in [5.74, 6) is 0.782. The summed E-state index contributed by atoms with van der Waals surface area (Å²) in [6.45, 7) is 6.79. The van der Waals surface area contributed by atoms with Crippen molar-refractivity contribution in [2.75, 3.05) is 13.2 Å². The highest BCUT2D eigenvalue weighted by atomic mass is 35.5. The molecule has 0 saturated carbocycles. The fourth-order valence-electron chi connectivity index (χ4n) is 4.24. The number of amides is 1. The number of thioether (sulfide) groups is 1. The summed E-state index contributed by atoms with van der Waals surface area (Å²) in [6, 6.07) is 16.6. The highest BCUT2D eigenvalue weighted by Crippen LogP contribution is 2.37. The molecule has 0 saturated heterocycles. The maximum atomic E-state index is 12.9. The van der Waals surface area contributed by atoms with Crippen LogP contribution in [0.15, 0.2) is 70.3 Å². The summed E-state index contributed by atoms with van der Waals surface area (Å²) in [5, 5.41) is 16.3. The lowest BCUT2D eigenvalue weighted by Crippen LogP contribution is -2.35. The summed E-state index contributed by atoms with van der Waals surface area (Å²) in [7, 11) is 0. The van der Waals surface area contributed by atoms with E-state index in [4.69, 9.17) is 49.7 Å². The molecule has 7 nitrogen and oxygen atoms in total. The van der Waals surface area contributed by atoms with Crippen LogP contribution in [0.3, 0.4) is 0 Å². The smallest absolute Gasteiger partial charge is 0.283 e. The Balaban J connectivity index is 1.29. The topological polar surface area (TPSA) is 87.3 Å². The van der Waals surface area contributed by atoms with Crippen molar-refractivity contribution in [2.24, 2.45) is 10.1 Å². The molecule has 1 amide bonds. The largest absolute Gasteiger partial charge is 0.490 e. The number of hydrazone groups is 1. The van der Waals surface area contributed by atoms with E-state index in [9.17, 15) is 4.79 Å². The van der Waals surface area contributed by atoms with E-state index >= 15 is 0 Å². The average molecular weight is 628 g/mol. The van der Waals surface area contributed by atoms with Crippen LogP contribution < -0.4 is 9.47 Å². The molecule has 0 unspecified atom stereocenters. The van der Waals surface area contributed by atoms with Gasteiger partial charge in [0.25, 0.3) is 5.91 Å². The number of carbonyl (C=O) groups excluding carboxylic acids is 1. The van der Waals surface area contributed by atoms with E-state index < -0.39 is 5.91 Å². The van der Waals surface area contributed by atoms with E-state index in [2.05, 4.69) is 36.1 Å². The van der Waals surface area contributed by atoms with Gasteiger partial charge in [0, 0.05) is 5.56 Å². The molecule has 11 heteroatoms. The fraction of sp³-hybridized carbons (Fsp3) is 0.200. The molecule has 41 heavy (non-hydrogen) atoms. The van der Waals surface area contributed by atoms with Crippen LogP contribution in [0.4, 0.5) is 0 Å². The molecule has 0 radical (unpaired) electrons. The molecule has 2 aliphatic rings. The molecule has 2 aliphatic heterocycles. The minimum Gasteiger partial charge on any atom is -0.490 e. The number of nitrogens with one attached hydrogen (secondary N) is 1. The highest BCUT2D eigenvalue weighted by molar-refractivity contribution is 8.27. The van der Waals surface area contributed by atoms with Crippen molar-refractivity contribution in [3.8, 4) is 11.5 Å². The Bertz CT molecular complexity index is 1630. The molecule has 0 spiro atoms. The van der Waals surface area contributed by atoms with Crippen LogP contribution >= 0.6 is 46.6 Å². The SMILES string of the molecule is Cc1ccc(C(C)C)c(OCCOc2c(Cl)cc(/C=C3/C(=N)N4N=C(c5ccccc5Cl)SC4=NC3=O)cc2Cl)c1. The van der Waals surface area contributed by atoms with Crippen molar-refractivity contribution in [1.82, 2.24) is 5.01 Å². The lowest BCUT2D eigenvalue weighted by molar-refractivity contribution is -0.114. The lowest BCUT2D eigenvalue weighted by atomic mass is 10.0. The van der Waals surface area contributed by atoms with Gasteiger partial charge < -0.3 is 9.47 Å². The van der Waals surface area contributed by atoms with E-state index in [-0.39, 0.29) is 28.1 Å². The summed E-state index contributed by atoms with van der Waals surface area (Å²) >= 11 is 20.5. The summed E-state index contributed by atoms with van der Waals surface area (Å²) in [5.41, 5.74) is 3.50. The maximum absolute atomic E-state index is 12.9. The van der Waals surface area contributed by atoms with Gasteiger partial charge in [-0.2, -0.15) is 15.1 Å². The molecular formula is C30H25Cl3N4O3S.